The third kappa shape index (κ3) is 3.13. The van der Waals surface area contributed by atoms with Crippen LogP contribution in [0.4, 0.5) is 0 Å². The lowest BCUT2D eigenvalue weighted by atomic mass is 9.75. The lowest BCUT2D eigenvalue weighted by molar-refractivity contribution is 0.233. The summed E-state index contributed by atoms with van der Waals surface area (Å²) in [6.07, 6.45) is 6.71. The molecule has 1 heterocycles. The number of alkyl halides is 2. The van der Waals surface area contributed by atoms with Crippen molar-refractivity contribution >= 4 is 43.2 Å². The molecule has 1 aliphatic rings. The molecule has 1 saturated carbocycles. The molecule has 0 unspecified atom stereocenters. The molecule has 0 aromatic carbocycles. The minimum Gasteiger partial charge on any atom is -0.247 e. The first-order valence-electron chi connectivity index (χ1n) is 6.23. The van der Waals surface area contributed by atoms with Gasteiger partial charge >= 0.3 is 0 Å². The van der Waals surface area contributed by atoms with Crippen molar-refractivity contribution in [2.75, 3.05) is 10.7 Å². The second-order valence-electron chi connectivity index (χ2n) is 5.17. The molecule has 4 heteroatoms. The third-order valence-corrected chi connectivity index (χ3v) is 7.12. The highest BCUT2D eigenvalue weighted by molar-refractivity contribution is 9.09. The van der Waals surface area contributed by atoms with E-state index in [1.54, 1.807) is 0 Å². The fourth-order valence-corrected chi connectivity index (χ4v) is 5.98. The summed E-state index contributed by atoms with van der Waals surface area (Å²) >= 11 is 9.32. The first-order chi connectivity index (χ1) is 8.20. The van der Waals surface area contributed by atoms with Gasteiger partial charge in [0.15, 0.2) is 0 Å². The molecule has 0 bridgehead atoms. The molecule has 17 heavy (non-hydrogen) atoms. The van der Waals surface area contributed by atoms with Crippen molar-refractivity contribution in [2.45, 2.75) is 39.0 Å². The van der Waals surface area contributed by atoms with Crippen molar-refractivity contribution in [2.24, 2.45) is 11.3 Å². The van der Waals surface area contributed by atoms with Crippen molar-refractivity contribution in [1.29, 1.82) is 0 Å². The Labute approximate surface area is 125 Å². The van der Waals surface area contributed by atoms with Crippen molar-refractivity contribution in [3.05, 3.63) is 16.1 Å². The van der Waals surface area contributed by atoms with Gasteiger partial charge in [-0.2, -0.15) is 0 Å². The number of nitrogens with zero attached hydrogens (tertiary/aromatic N) is 1. The van der Waals surface area contributed by atoms with E-state index >= 15 is 0 Å². The van der Waals surface area contributed by atoms with E-state index in [1.165, 1.54) is 30.7 Å². The highest BCUT2D eigenvalue weighted by Crippen LogP contribution is 2.45. The summed E-state index contributed by atoms with van der Waals surface area (Å²) in [6.45, 7) is 2.08. The van der Waals surface area contributed by atoms with Crippen LogP contribution in [0.5, 0.6) is 0 Å². The van der Waals surface area contributed by atoms with Gasteiger partial charge in [-0.3, -0.25) is 0 Å². The lowest BCUT2D eigenvalue weighted by Gasteiger charge is -2.35. The van der Waals surface area contributed by atoms with Crippen LogP contribution in [-0.4, -0.2) is 15.6 Å². The van der Waals surface area contributed by atoms with Gasteiger partial charge in [-0.05, 0) is 31.1 Å². The predicted molar refractivity (Wildman–Crippen MR) is 82.5 cm³/mol. The van der Waals surface area contributed by atoms with Crippen molar-refractivity contribution < 1.29 is 0 Å². The SMILES string of the molecule is Cc1csc(CC(CBr)(CBr)C2CCCC2)n1. The summed E-state index contributed by atoms with van der Waals surface area (Å²) in [5.41, 5.74) is 1.52. The highest BCUT2D eigenvalue weighted by atomic mass is 79.9. The van der Waals surface area contributed by atoms with Gasteiger partial charge in [-0.15, -0.1) is 11.3 Å². The Balaban J connectivity index is 2.15. The number of thiazole rings is 1. The molecule has 96 valence electrons. The van der Waals surface area contributed by atoms with Crippen LogP contribution < -0.4 is 0 Å². The van der Waals surface area contributed by atoms with Crippen molar-refractivity contribution in [3.63, 3.8) is 0 Å². The van der Waals surface area contributed by atoms with Crippen LogP contribution in [0, 0.1) is 18.3 Å². The Bertz CT molecular complexity index is 354. The first-order valence-corrected chi connectivity index (χ1v) is 9.35. The maximum absolute atomic E-state index is 4.64. The van der Waals surface area contributed by atoms with E-state index in [0.717, 1.165) is 28.7 Å². The Morgan fingerprint density at radius 1 is 1.35 bits per heavy atom. The minimum atomic E-state index is 0.362. The summed E-state index contributed by atoms with van der Waals surface area (Å²) in [5.74, 6) is 0.852. The van der Waals surface area contributed by atoms with Crippen molar-refractivity contribution in [1.82, 2.24) is 4.98 Å². The van der Waals surface area contributed by atoms with Crippen LogP contribution in [0.1, 0.15) is 36.4 Å². The second kappa shape index (κ2) is 6.16. The standard InChI is InChI=1S/C13H19Br2NS/c1-10-7-17-12(16-10)6-13(8-14,9-15)11-4-2-3-5-11/h7,11H,2-6,8-9H2,1H3. The summed E-state index contributed by atoms with van der Waals surface area (Å²) < 4.78 is 0. The van der Waals surface area contributed by atoms with Gasteiger partial charge in [0, 0.05) is 28.2 Å². The topological polar surface area (TPSA) is 12.9 Å². The van der Waals surface area contributed by atoms with Gasteiger partial charge in [-0.25, -0.2) is 4.98 Å². The molecule has 0 N–H and O–H groups in total. The van der Waals surface area contributed by atoms with Gasteiger partial charge in [0.05, 0.1) is 5.01 Å². The van der Waals surface area contributed by atoms with E-state index in [4.69, 9.17) is 0 Å². The summed E-state index contributed by atoms with van der Waals surface area (Å²) in [6, 6.07) is 0. The molecule has 0 aliphatic heterocycles. The molecule has 1 aromatic rings. The average molecular weight is 381 g/mol. The molecule has 0 radical (unpaired) electrons. The van der Waals surface area contributed by atoms with Gasteiger partial charge < -0.3 is 0 Å². The third-order valence-electron chi connectivity index (χ3n) is 3.92. The van der Waals surface area contributed by atoms with E-state index in [9.17, 15) is 0 Å². The van der Waals surface area contributed by atoms with Crippen LogP contribution in [-0.2, 0) is 6.42 Å². The molecular formula is C13H19Br2NS. The summed E-state index contributed by atoms with van der Waals surface area (Å²) in [4.78, 5) is 4.64. The molecule has 1 aromatic heterocycles. The van der Waals surface area contributed by atoms with E-state index in [2.05, 4.69) is 49.1 Å². The fraction of sp³-hybridized carbons (Fsp3) is 0.769. The van der Waals surface area contributed by atoms with E-state index in [0.29, 0.717) is 5.41 Å². The minimum absolute atomic E-state index is 0.362. The van der Waals surface area contributed by atoms with Gasteiger partial charge in [0.2, 0.25) is 0 Å². The number of rotatable bonds is 5. The number of halogens is 2. The number of hydrogen-bond donors (Lipinski definition) is 0. The van der Waals surface area contributed by atoms with Gasteiger partial charge in [0.25, 0.3) is 0 Å². The normalized spacial score (nSPS) is 17.8. The molecule has 0 atom stereocenters. The van der Waals surface area contributed by atoms with E-state index in [1.807, 2.05) is 11.3 Å². The van der Waals surface area contributed by atoms with Crippen LogP contribution in [0.25, 0.3) is 0 Å². The van der Waals surface area contributed by atoms with E-state index < -0.39 is 0 Å². The maximum atomic E-state index is 4.64. The Morgan fingerprint density at radius 2 is 2.00 bits per heavy atom. The molecule has 2 rings (SSSR count). The zero-order chi connectivity index (χ0) is 12.3. The quantitative estimate of drug-likeness (QED) is 0.657. The Kier molecular flexibility index (Phi) is 5.07. The number of aromatic nitrogens is 1. The lowest BCUT2D eigenvalue weighted by Crippen LogP contribution is -2.35. The highest BCUT2D eigenvalue weighted by Gasteiger charge is 2.39. The Hall–Kier alpha value is 0.590. The monoisotopic (exact) mass is 379 g/mol. The average Bonchev–Trinajstić information content (AvgIpc) is 2.98. The van der Waals surface area contributed by atoms with Crippen LogP contribution in [0.3, 0.4) is 0 Å². The zero-order valence-electron chi connectivity index (χ0n) is 10.2. The number of hydrogen-bond acceptors (Lipinski definition) is 2. The molecule has 0 spiro atoms. The maximum Gasteiger partial charge on any atom is 0.0934 e. The first kappa shape index (κ1) is 14.0. The molecular weight excluding hydrogens is 362 g/mol. The van der Waals surface area contributed by atoms with Crippen LogP contribution in [0.15, 0.2) is 5.38 Å². The number of aryl methyl sites for hydroxylation is 1. The molecule has 0 saturated heterocycles. The predicted octanol–water partition coefficient (Wildman–Crippen LogP) is 4.96. The smallest absolute Gasteiger partial charge is 0.0934 e. The molecule has 1 nitrogen and oxygen atoms in total. The van der Waals surface area contributed by atoms with Crippen LogP contribution in [0.2, 0.25) is 0 Å². The molecule has 0 amide bonds. The summed E-state index contributed by atoms with van der Waals surface area (Å²) in [5, 5.41) is 5.62. The van der Waals surface area contributed by atoms with Crippen LogP contribution >= 0.6 is 43.2 Å². The molecule has 1 fully saturated rings. The summed E-state index contributed by atoms with van der Waals surface area (Å²) in [7, 11) is 0. The van der Waals surface area contributed by atoms with E-state index in [-0.39, 0.29) is 0 Å². The second-order valence-corrected chi connectivity index (χ2v) is 7.23. The molecule has 1 aliphatic carbocycles. The van der Waals surface area contributed by atoms with Crippen molar-refractivity contribution in [3.8, 4) is 0 Å². The van der Waals surface area contributed by atoms with Gasteiger partial charge in [0.1, 0.15) is 0 Å². The zero-order valence-corrected chi connectivity index (χ0v) is 14.2. The fourth-order valence-electron chi connectivity index (χ4n) is 2.82. The Morgan fingerprint density at radius 3 is 2.47 bits per heavy atom. The largest absolute Gasteiger partial charge is 0.247 e. The van der Waals surface area contributed by atoms with Gasteiger partial charge in [-0.1, -0.05) is 44.7 Å².